The van der Waals surface area contributed by atoms with E-state index in [1.54, 1.807) is 7.11 Å². The van der Waals surface area contributed by atoms with Crippen LogP contribution in [0.3, 0.4) is 0 Å². The van der Waals surface area contributed by atoms with Crippen molar-refractivity contribution < 1.29 is 9.53 Å². The molecule has 1 amide bonds. The fraction of sp³-hybridized carbons (Fsp3) is 0.263. The summed E-state index contributed by atoms with van der Waals surface area (Å²) in [5.74, 6) is 1.48. The molecule has 4 rings (SSSR count). The summed E-state index contributed by atoms with van der Waals surface area (Å²) in [5.41, 5.74) is 3.18. The first-order valence-corrected chi connectivity index (χ1v) is 8.38. The summed E-state index contributed by atoms with van der Waals surface area (Å²) in [6.45, 7) is 2.81. The average molecular weight is 336 g/mol. The molecular formula is C19H20N4O2. The molecule has 6 nitrogen and oxygen atoms in total. The number of hydrogen-bond donors (Lipinski definition) is 1. The minimum absolute atomic E-state index is 0.00124. The predicted octanol–water partition coefficient (Wildman–Crippen LogP) is 3.18. The number of nitrogens with zero attached hydrogens (tertiary/aromatic N) is 3. The van der Waals surface area contributed by atoms with E-state index in [0.29, 0.717) is 12.2 Å². The van der Waals surface area contributed by atoms with Gasteiger partial charge in [0.1, 0.15) is 5.75 Å². The monoisotopic (exact) mass is 336 g/mol. The van der Waals surface area contributed by atoms with Gasteiger partial charge in [-0.15, -0.1) is 0 Å². The Kier molecular flexibility index (Phi) is 3.80. The molecule has 0 fully saturated rings. The van der Waals surface area contributed by atoms with Crippen LogP contribution in [0.5, 0.6) is 5.75 Å². The molecule has 1 N–H and O–H groups in total. The quantitative estimate of drug-likeness (QED) is 0.796. The van der Waals surface area contributed by atoms with E-state index in [2.05, 4.69) is 21.0 Å². The van der Waals surface area contributed by atoms with Crippen molar-refractivity contribution in [2.24, 2.45) is 0 Å². The lowest BCUT2D eigenvalue weighted by atomic mass is 9.91. The molecule has 0 saturated carbocycles. The largest absolute Gasteiger partial charge is 0.497 e. The van der Waals surface area contributed by atoms with Gasteiger partial charge in [0.15, 0.2) is 5.82 Å². The van der Waals surface area contributed by atoms with Gasteiger partial charge in [0.05, 0.1) is 7.11 Å². The van der Waals surface area contributed by atoms with Crippen LogP contribution in [0, 0.1) is 0 Å². The van der Waals surface area contributed by atoms with Crippen LogP contribution in [-0.2, 0) is 11.3 Å². The zero-order chi connectivity index (χ0) is 17.4. The molecule has 128 valence electrons. The third-order valence-corrected chi connectivity index (χ3v) is 4.62. The maximum Gasteiger partial charge on any atom is 0.226 e. The molecule has 25 heavy (non-hydrogen) atoms. The van der Waals surface area contributed by atoms with Crippen LogP contribution in [0.15, 0.2) is 48.8 Å². The van der Waals surface area contributed by atoms with Crippen LogP contribution in [0.2, 0.25) is 0 Å². The van der Waals surface area contributed by atoms with E-state index in [0.717, 1.165) is 29.2 Å². The lowest BCUT2D eigenvalue weighted by molar-refractivity contribution is -0.116. The molecule has 3 heterocycles. The summed E-state index contributed by atoms with van der Waals surface area (Å²) in [4.78, 5) is 12.2. The van der Waals surface area contributed by atoms with Crippen molar-refractivity contribution in [2.45, 2.75) is 25.8 Å². The molecule has 0 saturated heterocycles. The third kappa shape index (κ3) is 2.69. The topological polar surface area (TPSA) is 61.1 Å². The summed E-state index contributed by atoms with van der Waals surface area (Å²) < 4.78 is 9.22. The molecule has 0 aliphatic carbocycles. The van der Waals surface area contributed by atoms with Gasteiger partial charge in [0.2, 0.25) is 5.91 Å². The molecule has 0 bridgehead atoms. The molecule has 3 aromatic rings. The molecule has 0 radical (unpaired) electrons. The van der Waals surface area contributed by atoms with E-state index in [1.165, 1.54) is 0 Å². The van der Waals surface area contributed by atoms with Gasteiger partial charge in [-0.1, -0.05) is 0 Å². The van der Waals surface area contributed by atoms with Crippen LogP contribution < -0.4 is 10.1 Å². The van der Waals surface area contributed by atoms with Crippen molar-refractivity contribution in [2.75, 3.05) is 12.4 Å². The maximum absolute atomic E-state index is 12.2. The molecule has 1 aliphatic heterocycles. The van der Waals surface area contributed by atoms with E-state index in [9.17, 15) is 4.79 Å². The number of amides is 1. The number of hydrogen-bond acceptors (Lipinski definition) is 3. The zero-order valence-corrected chi connectivity index (χ0v) is 14.3. The number of methoxy groups -OCH3 is 1. The number of ether oxygens (including phenoxy) is 1. The Morgan fingerprint density at radius 3 is 2.80 bits per heavy atom. The highest BCUT2D eigenvalue weighted by atomic mass is 16.5. The first-order chi connectivity index (χ1) is 12.2. The predicted molar refractivity (Wildman–Crippen MR) is 95.3 cm³/mol. The van der Waals surface area contributed by atoms with Gasteiger partial charge in [0.25, 0.3) is 0 Å². The fourth-order valence-corrected chi connectivity index (χ4v) is 3.35. The average Bonchev–Trinajstić information content (AvgIpc) is 3.27. The zero-order valence-electron chi connectivity index (χ0n) is 14.3. The first kappa shape index (κ1) is 15.5. The molecule has 1 atom stereocenters. The van der Waals surface area contributed by atoms with Crippen LogP contribution in [-0.4, -0.2) is 27.4 Å². The minimum atomic E-state index is -0.0128. The van der Waals surface area contributed by atoms with E-state index < -0.39 is 0 Å². The Balaban J connectivity index is 1.77. The third-order valence-electron chi connectivity index (χ3n) is 4.62. The fourth-order valence-electron chi connectivity index (χ4n) is 3.35. The van der Waals surface area contributed by atoms with E-state index in [1.807, 2.05) is 54.3 Å². The number of carbonyl (C=O) groups is 1. The highest BCUT2D eigenvalue weighted by Crippen LogP contribution is 2.37. The number of benzene rings is 1. The van der Waals surface area contributed by atoms with Gasteiger partial charge in [-0.25, -0.2) is 0 Å². The molecule has 2 aromatic heterocycles. The molecule has 0 spiro atoms. The van der Waals surface area contributed by atoms with Crippen LogP contribution in [0.4, 0.5) is 5.82 Å². The van der Waals surface area contributed by atoms with E-state index in [4.69, 9.17) is 4.74 Å². The minimum Gasteiger partial charge on any atom is -0.497 e. The summed E-state index contributed by atoms with van der Waals surface area (Å²) in [7, 11) is 1.66. The van der Waals surface area contributed by atoms with Gasteiger partial charge in [-0.05, 0) is 43.3 Å². The highest BCUT2D eigenvalue weighted by molar-refractivity contribution is 5.94. The second-order valence-corrected chi connectivity index (χ2v) is 6.09. The second-order valence-electron chi connectivity index (χ2n) is 6.09. The Bertz CT molecular complexity index is 908. The van der Waals surface area contributed by atoms with Gasteiger partial charge < -0.3 is 14.6 Å². The van der Waals surface area contributed by atoms with Crippen molar-refractivity contribution in [1.82, 2.24) is 14.3 Å². The molecular weight excluding hydrogens is 316 g/mol. The maximum atomic E-state index is 12.2. The normalized spacial score (nSPS) is 16.4. The summed E-state index contributed by atoms with van der Waals surface area (Å²) in [6.07, 6.45) is 4.47. The van der Waals surface area contributed by atoms with Crippen molar-refractivity contribution in [1.29, 1.82) is 0 Å². The molecule has 1 unspecified atom stereocenters. The van der Waals surface area contributed by atoms with Crippen LogP contribution in [0.25, 0.3) is 5.69 Å². The van der Waals surface area contributed by atoms with Gasteiger partial charge >= 0.3 is 0 Å². The number of aromatic nitrogens is 3. The number of anilines is 1. The Labute approximate surface area is 146 Å². The molecule has 1 aliphatic rings. The first-order valence-electron chi connectivity index (χ1n) is 8.38. The van der Waals surface area contributed by atoms with E-state index in [-0.39, 0.29) is 11.8 Å². The van der Waals surface area contributed by atoms with Crippen molar-refractivity contribution >= 4 is 11.7 Å². The van der Waals surface area contributed by atoms with Gasteiger partial charge in [-0.2, -0.15) is 5.10 Å². The molecule has 1 aromatic carbocycles. The van der Waals surface area contributed by atoms with Gasteiger partial charge in [0, 0.05) is 48.2 Å². The summed E-state index contributed by atoms with van der Waals surface area (Å²) in [6, 6.07) is 12.0. The lowest BCUT2D eigenvalue weighted by Gasteiger charge is -2.23. The van der Waals surface area contributed by atoms with Gasteiger partial charge in [-0.3, -0.25) is 9.48 Å². The smallest absolute Gasteiger partial charge is 0.226 e. The Morgan fingerprint density at radius 1 is 1.28 bits per heavy atom. The number of carbonyl (C=O) groups excluding carboxylic acids is 1. The SMILES string of the molecule is CCn1cc2c(n1)NC(=O)CC2c1cccn1-c1ccc(OC)cc1. The standard InChI is InChI=1S/C19H20N4O2/c1-3-22-12-16-15(11-18(24)20-19(16)21-22)17-5-4-10-23(17)13-6-8-14(25-2)9-7-13/h4-10,12,15H,3,11H2,1-2H3,(H,20,21,24). The summed E-state index contributed by atoms with van der Waals surface area (Å²) in [5, 5.41) is 7.35. The number of fused-ring (bicyclic) bond motifs is 1. The lowest BCUT2D eigenvalue weighted by Crippen LogP contribution is -2.24. The Morgan fingerprint density at radius 2 is 2.08 bits per heavy atom. The summed E-state index contributed by atoms with van der Waals surface area (Å²) >= 11 is 0. The highest BCUT2D eigenvalue weighted by Gasteiger charge is 2.31. The van der Waals surface area contributed by atoms with Crippen molar-refractivity contribution in [3.05, 3.63) is 60.0 Å². The Hall–Kier alpha value is -3.02. The number of aryl methyl sites for hydroxylation is 1. The van der Waals surface area contributed by atoms with Crippen molar-refractivity contribution in [3.8, 4) is 11.4 Å². The van der Waals surface area contributed by atoms with E-state index >= 15 is 0 Å². The number of nitrogens with one attached hydrogen (secondary N) is 1. The van der Waals surface area contributed by atoms with Crippen LogP contribution >= 0.6 is 0 Å². The molecule has 6 heteroatoms. The van der Waals surface area contributed by atoms with Crippen molar-refractivity contribution in [3.63, 3.8) is 0 Å². The number of rotatable bonds is 4. The second kappa shape index (κ2) is 6.12. The van der Waals surface area contributed by atoms with Crippen LogP contribution in [0.1, 0.15) is 30.5 Å².